The summed E-state index contributed by atoms with van der Waals surface area (Å²) in [6.45, 7) is 6.65. The fraction of sp³-hybridized carbons (Fsp3) is 0.588. The molecule has 120 valence electrons. The van der Waals surface area contributed by atoms with Gasteiger partial charge in [0.25, 0.3) is 0 Å². The molecule has 4 nitrogen and oxygen atoms in total. The summed E-state index contributed by atoms with van der Waals surface area (Å²) >= 11 is 1.88. The van der Waals surface area contributed by atoms with Crippen LogP contribution in [0.25, 0.3) is 0 Å². The lowest BCUT2D eigenvalue weighted by Crippen LogP contribution is -2.44. The van der Waals surface area contributed by atoms with E-state index in [1.807, 2.05) is 17.8 Å². The molecule has 1 fully saturated rings. The molecule has 3 rings (SSSR count). The van der Waals surface area contributed by atoms with E-state index >= 15 is 0 Å². The van der Waals surface area contributed by atoms with Crippen LogP contribution in [0.2, 0.25) is 0 Å². The van der Waals surface area contributed by atoms with Crippen LogP contribution >= 0.6 is 11.8 Å². The Labute approximate surface area is 137 Å². The van der Waals surface area contributed by atoms with Crippen molar-refractivity contribution in [2.75, 3.05) is 43.4 Å². The molecule has 2 aliphatic rings. The molecule has 1 aromatic carbocycles. The molecule has 1 amide bonds. The van der Waals surface area contributed by atoms with Gasteiger partial charge in [-0.2, -0.15) is 0 Å². The highest BCUT2D eigenvalue weighted by molar-refractivity contribution is 7.99. The maximum Gasteiger partial charge on any atom is 0.239 e. The Morgan fingerprint density at radius 3 is 3.09 bits per heavy atom. The molecule has 2 aliphatic heterocycles. The molecule has 1 saturated heterocycles. The van der Waals surface area contributed by atoms with E-state index in [0.29, 0.717) is 12.6 Å². The van der Waals surface area contributed by atoms with Gasteiger partial charge in [-0.15, -0.1) is 11.8 Å². The maximum absolute atomic E-state index is 12.3. The van der Waals surface area contributed by atoms with E-state index in [1.54, 1.807) is 0 Å². The minimum atomic E-state index is 0.143. The molecule has 1 N–H and O–H groups in total. The van der Waals surface area contributed by atoms with Crippen LogP contribution in [-0.2, 0) is 4.79 Å². The summed E-state index contributed by atoms with van der Waals surface area (Å²) in [5.74, 6) is 1.20. The second-order valence-corrected chi connectivity index (χ2v) is 7.10. The number of amides is 1. The van der Waals surface area contributed by atoms with Gasteiger partial charge in [0.15, 0.2) is 0 Å². The van der Waals surface area contributed by atoms with Gasteiger partial charge in [0.2, 0.25) is 5.91 Å². The van der Waals surface area contributed by atoms with E-state index < -0.39 is 0 Å². The Morgan fingerprint density at radius 2 is 2.23 bits per heavy atom. The molecule has 0 bridgehead atoms. The normalized spacial score (nSPS) is 21.7. The van der Waals surface area contributed by atoms with Gasteiger partial charge < -0.3 is 10.2 Å². The van der Waals surface area contributed by atoms with Gasteiger partial charge in [-0.3, -0.25) is 9.69 Å². The van der Waals surface area contributed by atoms with Crippen LogP contribution in [0.4, 0.5) is 5.69 Å². The zero-order valence-electron chi connectivity index (χ0n) is 13.3. The van der Waals surface area contributed by atoms with Crippen LogP contribution < -0.4 is 10.2 Å². The lowest BCUT2D eigenvalue weighted by molar-refractivity contribution is -0.120. The minimum absolute atomic E-state index is 0.143. The van der Waals surface area contributed by atoms with Crippen LogP contribution in [-0.4, -0.2) is 55.3 Å². The van der Waals surface area contributed by atoms with Crippen LogP contribution in [0.5, 0.6) is 0 Å². The first-order valence-electron chi connectivity index (χ1n) is 8.25. The van der Waals surface area contributed by atoms with E-state index in [0.717, 1.165) is 25.4 Å². The summed E-state index contributed by atoms with van der Waals surface area (Å²) < 4.78 is 0. The molecule has 0 aliphatic carbocycles. The summed E-state index contributed by atoms with van der Waals surface area (Å²) in [5.41, 5.74) is 1.20. The molecule has 0 saturated carbocycles. The summed E-state index contributed by atoms with van der Waals surface area (Å²) in [6, 6.07) is 8.90. The van der Waals surface area contributed by atoms with Gasteiger partial charge in [-0.25, -0.2) is 0 Å². The van der Waals surface area contributed by atoms with Gasteiger partial charge in [0.05, 0.1) is 12.2 Å². The number of para-hydroxylation sites is 1. The predicted octanol–water partition coefficient (Wildman–Crippen LogP) is 2.20. The highest BCUT2D eigenvalue weighted by atomic mass is 32.2. The number of fused-ring (bicyclic) bond motifs is 1. The SMILES string of the molecule is CCN1CCC[C@@H]1CNC(=O)CN1CCSc2ccccc21. The second-order valence-electron chi connectivity index (χ2n) is 5.97. The molecule has 0 radical (unpaired) electrons. The van der Waals surface area contributed by atoms with Crippen molar-refractivity contribution >= 4 is 23.4 Å². The van der Waals surface area contributed by atoms with Gasteiger partial charge in [-0.1, -0.05) is 19.1 Å². The molecule has 2 heterocycles. The van der Waals surface area contributed by atoms with E-state index in [-0.39, 0.29) is 5.91 Å². The number of carbonyl (C=O) groups excluding carboxylic acids is 1. The zero-order valence-corrected chi connectivity index (χ0v) is 14.1. The van der Waals surface area contributed by atoms with Crippen molar-refractivity contribution in [1.29, 1.82) is 0 Å². The van der Waals surface area contributed by atoms with Crippen LogP contribution in [0.1, 0.15) is 19.8 Å². The monoisotopic (exact) mass is 319 g/mol. The first-order valence-corrected chi connectivity index (χ1v) is 9.24. The average molecular weight is 319 g/mol. The number of hydrogen-bond donors (Lipinski definition) is 1. The number of likely N-dealkylation sites (N-methyl/N-ethyl adjacent to an activating group) is 1. The topological polar surface area (TPSA) is 35.6 Å². The van der Waals surface area contributed by atoms with Crippen molar-refractivity contribution in [3.63, 3.8) is 0 Å². The van der Waals surface area contributed by atoms with Crippen molar-refractivity contribution < 1.29 is 4.79 Å². The number of carbonyl (C=O) groups is 1. The highest BCUT2D eigenvalue weighted by Crippen LogP contribution is 2.33. The molecular weight excluding hydrogens is 294 g/mol. The lowest BCUT2D eigenvalue weighted by Gasteiger charge is -2.30. The molecule has 5 heteroatoms. The van der Waals surface area contributed by atoms with Gasteiger partial charge in [-0.05, 0) is 38.1 Å². The van der Waals surface area contributed by atoms with Gasteiger partial charge >= 0.3 is 0 Å². The largest absolute Gasteiger partial charge is 0.360 e. The molecule has 22 heavy (non-hydrogen) atoms. The van der Waals surface area contributed by atoms with Crippen molar-refractivity contribution in [2.24, 2.45) is 0 Å². The quantitative estimate of drug-likeness (QED) is 0.902. The predicted molar refractivity (Wildman–Crippen MR) is 92.7 cm³/mol. The number of thioether (sulfide) groups is 1. The molecule has 0 unspecified atom stereocenters. The fourth-order valence-electron chi connectivity index (χ4n) is 3.39. The fourth-order valence-corrected chi connectivity index (χ4v) is 4.45. The molecule has 0 spiro atoms. The smallest absolute Gasteiger partial charge is 0.239 e. The highest BCUT2D eigenvalue weighted by Gasteiger charge is 2.24. The third-order valence-electron chi connectivity index (χ3n) is 4.60. The average Bonchev–Trinajstić information content (AvgIpc) is 3.01. The summed E-state index contributed by atoms with van der Waals surface area (Å²) in [4.78, 5) is 18.2. The van der Waals surface area contributed by atoms with Crippen molar-refractivity contribution in [2.45, 2.75) is 30.7 Å². The number of anilines is 1. The Hall–Kier alpha value is -1.20. The Morgan fingerprint density at radius 1 is 1.36 bits per heavy atom. The van der Waals surface area contributed by atoms with Crippen LogP contribution in [0.15, 0.2) is 29.2 Å². The Balaban J connectivity index is 1.52. The van der Waals surface area contributed by atoms with Crippen molar-refractivity contribution in [3.8, 4) is 0 Å². The van der Waals surface area contributed by atoms with E-state index in [4.69, 9.17) is 0 Å². The molecule has 1 atom stereocenters. The van der Waals surface area contributed by atoms with Crippen molar-refractivity contribution in [1.82, 2.24) is 10.2 Å². The number of hydrogen-bond acceptors (Lipinski definition) is 4. The van der Waals surface area contributed by atoms with Crippen LogP contribution in [0, 0.1) is 0 Å². The number of rotatable bonds is 5. The summed E-state index contributed by atoms with van der Waals surface area (Å²) in [5, 5.41) is 3.14. The third-order valence-corrected chi connectivity index (χ3v) is 5.64. The van der Waals surface area contributed by atoms with E-state index in [1.165, 1.54) is 30.0 Å². The summed E-state index contributed by atoms with van der Waals surface area (Å²) in [6.07, 6.45) is 2.46. The standard InChI is InChI=1S/C17H25N3OS/c1-2-19-9-5-6-14(19)12-18-17(21)13-20-10-11-22-16-8-4-3-7-15(16)20/h3-4,7-8,14H,2,5-6,9-13H2,1H3,(H,18,21)/t14-/m1/s1. The van der Waals surface area contributed by atoms with E-state index in [9.17, 15) is 4.79 Å². The first-order chi connectivity index (χ1) is 10.8. The Kier molecular flexibility index (Phi) is 5.26. The first kappa shape index (κ1) is 15.7. The molecular formula is C17H25N3OS. The lowest BCUT2D eigenvalue weighted by atomic mass is 10.2. The molecule has 1 aromatic rings. The minimum Gasteiger partial charge on any atom is -0.360 e. The number of nitrogens with zero attached hydrogens (tertiary/aromatic N) is 2. The second kappa shape index (κ2) is 7.38. The number of nitrogens with one attached hydrogen (secondary N) is 1. The Bertz CT molecular complexity index is 522. The molecule has 0 aromatic heterocycles. The van der Waals surface area contributed by atoms with Gasteiger partial charge in [0.1, 0.15) is 0 Å². The van der Waals surface area contributed by atoms with Gasteiger partial charge in [0, 0.05) is 29.8 Å². The zero-order chi connectivity index (χ0) is 15.4. The maximum atomic E-state index is 12.3. The van der Waals surface area contributed by atoms with Crippen LogP contribution in [0.3, 0.4) is 0 Å². The van der Waals surface area contributed by atoms with Crippen molar-refractivity contribution in [3.05, 3.63) is 24.3 Å². The number of benzene rings is 1. The summed E-state index contributed by atoms with van der Waals surface area (Å²) in [7, 11) is 0. The number of likely N-dealkylation sites (tertiary alicyclic amines) is 1. The third kappa shape index (κ3) is 3.58. The van der Waals surface area contributed by atoms with E-state index in [2.05, 4.69) is 40.2 Å².